The van der Waals surface area contributed by atoms with Crippen LogP contribution in [-0.2, 0) is 6.42 Å². The van der Waals surface area contributed by atoms with Crippen molar-refractivity contribution in [3.8, 4) is 11.6 Å². The molecule has 0 atom stereocenters. The predicted molar refractivity (Wildman–Crippen MR) is 104 cm³/mol. The zero-order chi connectivity index (χ0) is 19.4. The van der Waals surface area contributed by atoms with Crippen LogP contribution >= 0.6 is 0 Å². The molecule has 2 aromatic carbocycles. The van der Waals surface area contributed by atoms with Crippen molar-refractivity contribution in [2.75, 3.05) is 5.32 Å². The number of aryl methyl sites for hydroxylation is 3. The topological polar surface area (TPSA) is 90.2 Å². The van der Waals surface area contributed by atoms with E-state index < -0.39 is 4.92 Å². The molecule has 0 radical (unpaired) electrons. The van der Waals surface area contributed by atoms with Crippen molar-refractivity contribution in [2.45, 2.75) is 27.2 Å². The number of rotatable bonds is 6. The molecule has 0 saturated carbocycles. The monoisotopic (exact) mass is 364 g/mol. The van der Waals surface area contributed by atoms with Gasteiger partial charge in [0.1, 0.15) is 12.1 Å². The van der Waals surface area contributed by atoms with Crippen molar-refractivity contribution in [1.29, 1.82) is 0 Å². The number of nitrogens with one attached hydrogen (secondary N) is 1. The number of hydrogen-bond donors (Lipinski definition) is 1. The van der Waals surface area contributed by atoms with E-state index in [0.717, 1.165) is 23.1 Å². The summed E-state index contributed by atoms with van der Waals surface area (Å²) < 4.78 is 5.66. The van der Waals surface area contributed by atoms with E-state index in [1.165, 1.54) is 6.33 Å². The van der Waals surface area contributed by atoms with E-state index in [4.69, 9.17) is 4.74 Å². The Kier molecular flexibility index (Phi) is 5.30. The van der Waals surface area contributed by atoms with Gasteiger partial charge in [0.25, 0.3) is 0 Å². The zero-order valence-corrected chi connectivity index (χ0v) is 15.4. The summed E-state index contributed by atoms with van der Waals surface area (Å²) >= 11 is 0. The van der Waals surface area contributed by atoms with E-state index in [1.54, 1.807) is 12.1 Å². The Morgan fingerprint density at radius 2 is 1.74 bits per heavy atom. The van der Waals surface area contributed by atoms with Crippen molar-refractivity contribution in [3.05, 3.63) is 75.6 Å². The molecule has 0 spiro atoms. The molecular weight excluding hydrogens is 344 g/mol. The minimum atomic E-state index is -0.541. The lowest BCUT2D eigenvalue weighted by Crippen LogP contribution is -2.04. The zero-order valence-electron chi connectivity index (χ0n) is 15.4. The van der Waals surface area contributed by atoms with Crippen LogP contribution in [-0.4, -0.2) is 14.9 Å². The smallest absolute Gasteiger partial charge is 0.373 e. The van der Waals surface area contributed by atoms with E-state index >= 15 is 0 Å². The summed E-state index contributed by atoms with van der Waals surface area (Å²) in [6.45, 7) is 5.97. The highest BCUT2D eigenvalue weighted by Gasteiger charge is 2.25. The van der Waals surface area contributed by atoms with Crippen molar-refractivity contribution in [2.24, 2.45) is 0 Å². The number of benzene rings is 2. The Morgan fingerprint density at radius 3 is 2.33 bits per heavy atom. The highest BCUT2D eigenvalue weighted by Crippen LogP contribution is 2.35. The number of anilines is 2. The first kappa shape index (κ1) is 18.3. The molecule has 1 aromatic heterocycles. The van der Waals surface area contributed by atoms with E-state index in [9.17, 15) is 10.1 Å². The fourth-order valence-electron chi connectivity index (χ4n) is 2.78. The van der Waals surface area contributed by atoms with Gasteiger partial charge in [-0.1, -0.05) is 25.1 Å². The van der Waals surface area contributed by atoms with Gasteiger partial charge in [0.05, 0.1) is 4.92 Å². The molecule has 7 heteroatoms. The average Bonchev–Trinajstić information content (AvgIpc) is 2.61. The van der Waals surface area contributed by atoms with Crippen LogP contribution in [0, 0.1) is 24.0 Å². The molecule has 0 amide bonds. The van der Waals surface area contributed by atoms with Crippen molar-refractivity contribution in [1.82, 2.24) is 9.97 Å². The molecule has 1 N–H and O–H groups in total. The van der Waals surface area contributed by atoms with Crippen molar-refractivity contribution >= 4 is 17.2 Å². The molecule has 0 fully saturated rings. The first-order chi connectivity index (χ1) is 13.0. The third-order valence-electron chi connectivity index (χ3n) is 4.00. The van der Waals surface area contributed by atoms with Crippen LogP contribution in [0.1, 0.15) is 23.6 Å². The maximum absolute atomic E-state index is 11.7. The summed E-state index contributed by atoms with van der Waals surface area (Å²) in [4.78, 5) is 19.1. The maximum Gasteiger partial charge on any atom is 0.373 e. The second kappa shape index (κ2) is 7.82. The van der Waals surface area contributed by atoms with Crippen LogP contribution in [0.2, 0.25) is 0 Å². The highest BCUT2D eigenvalue weighted by atomic mass is 16.6. The van der Waals surface area contributed by atoms with Gasteiger partial charge in [0.15, 0.2) is 0 Å². The molecule has 1 heterocycles. The summed E-state index contributed by atoms with van der Waals surface area (Å²) in [5.41, 5.74) is 3.64. The Balaban J connectivity index is 1.95. The summed E-state index contributed by atoms with van der Waals surface area (Å²) in [5.74, 6) is 0.456. The second-order valence-corrected chi connectivity index (χ2v) is 6.23. The van der Waals surface area contributed by atoms with Crippen LogP contribution in [0.5, 0.6) is 11.6 Å². The minimum absolute atomic E-state index is 0.0835. The molecule has 3 rings (SSSR count). The van der Waals surface area contributed by atoms with Crippen LogP contribution in [0.25, 0.3) is 0 Å². The molecule has 0 unspecified atom stereocenters. The number of hydrogen-bond acceptors (Lipinski definition) is 6. The lowest BCUT2D eigenvalue weighted by atomic mass is 10.1. The standard InChI is InChI=1S/C20H20N4O3/c1-4-15-5-7-17(8-6-15)27-20-18(24(25)26)19(21-12-22-20)23-16-10-13(2)9-14(3)11-16/h5-12H,4H2,1-3H3,(H,21,22,23). The van der Waals surface area contributed by atoms with E-state index in [-0.39, 0.29) is 17.4 Å². The SMILES string of the molecule is CCc1ccc(Oc2ncnc(Nc3cc(C)cc(C)c3)c2[N+](=O)[O-])cc1. The molecular formula is C20H20N4O3. The van der Waals surface area contributed by atoms with Crippen LogP contribution in [0.4, 0.5) is 17.2 Å². The summed E-state index contributed by atoms with van der Waals surface area (Å²) in [6, 6.07) is 13.2. The summed E-state index contributed by atoms with van der Waals surface area (Å²) in [6.07, 6.45) is 2.14. The van der Waals surface area contributed by atoms with Gasteiger partial charge in [-0.15, -0.1) is 0 Å². The van der Waals surface area contributed by atoms with Gasteiger partial charge < -0.3 is 10.1 Å². The van der Waals surface area contributed by atoms with Gasteiger partial charge in [-0.25, -0.2) is 4.98 Å². The first-order valence-corrected chi connectivity index (χ1v) is 8.57. The fraction of sp³-hybridized carbons (Fsp3) is 0.200. The fourth-order valence-corrected chi connectivity index (χ4v) is 2.78. The van der Waals surface area contributed by atoms with Crippen molar-refractivity contribution < 1.29 is 9.66 Å². The lowest BCUT2D eigenvalue weighted by molar-refractivity contribution is -0.385. The summed E-state index contributed by atoms with van der Waals surface area (Å²) in [5, 5.41) is 14.7. The van der Waals surface area contributed by atoms with Gasteiger partial charge in [0, 0.05) is 5.69 Å². The van der Waals surface area contributed by atoms with E-state index in [2.05, 4.69) is 22.2 Å². The van der Waals surface area contributed by atoms with E-state index in [1.807, 2.05) is 44.2 Å². The Labute approximate surface area is 157 Å². The predicted octanol–water partition coefficient (Wildman–Crippen LogP) is 5.10. The van der Waals surface area contributed by atoms with Gasteiger partial charge in [-0.05, 0) is 61.2 Å². The third kappa shape index (κ3) is 4.38. The Morgan fingerprint density at radius 1 is 1.07 bits per heavy atom. The van der Waals surface area contributed by atoms with Gasteiger partial charge in [0.2, 0.25) is 5.82 Å². The summed E-state index contributed by atoms with van der Waals surface area (Å²) in [7, 11) is 0. The number of nitrogens with zero attached hydrogens (tertiary/aromatic N) is 3. The number of ether oxygens (including phenoxy) is 1. The minimum Gasteiger partial charge on any atom is -0.434 e. The normalized spacial score (nSPS) is 10.5. The van der Waals surface area contributed by atoms with Crippen LogP contribution < -0.4 is 10.1 Å². The van der Waals surface area contributed by atoms with Gasteiger partial charge in [-0.2, -0.15) is 4.98 Å². The molecule has 0 aliphatic carbocycles. The molecule has 3 aromatic rings. The molecule has 0 bridgehead atoms. The van der Waals surface area contributed by atoms with Crippen LogP contribution in [0.15, 0.2) is 48.8 Å². The average molecular weight is 364 g/mol. The third-order valence-corrected chi connectivity index (χ3v) is 4.00. The van der Waals surface area contributed by atoms with Crippen molar-refractivity contribution in [3.63, 3.8) is 0 Å². The lowest BCUT2D eigenvalue weighted by Gasteiger charge is -2.10. The van der Waals surface area contributed by atoms with E-state index in [0.29, 0.717) is 11.4 Å². The number of nitro groups is 1. The maximum atomic E-state index is 11.7. The second-order valence-electron chi connectivity index (χ2n) is 6.23. The molecule has 27 heavy (non-hydrogen) atoms. The van der Waals surface area contributed by atoms with Gasteiger partial charge >= 0.3 is 11.6 Å². The van der Waals surface area contributed by atoms with Crippen LogP contribution in [0.3, 0.4) is 0 Å². The Bertz CT molecular complexity index is 951. The molecule has 138 valence electrons. The molecule has 0 aliphatic rings. The largest absolute Gasteiger partial charge is 0.434 e. The molecule has 7 nitrogen and oxygen atoms in total. The van der Waals surface area contributed by atoms with Gasteiger partial charge in [-0.3, -0.25) is 10.1 Å². The highest BCUT2D eigenvalue weighted by molar-refractivity contribution is 5.69. The molecule has 0 saturated heterocycles. The molecule has 0 aliphatic heterocycles. The first-order valence-electron chi connectivity index (χ1n) is 8.57. The quantitative estimate of drug-likeness (QED) is 0.483. The number of aromatic nitrogens is 2. The Hall–Kier alpha value is -3.48.